The van der Waals surface area contributed by atoms with Gasteiger partial charge in [-0.3, -0.25) is 15.0 Å². The van der Waals surface area contributed by atoms with Crippen LogP contribution in [0.5, 0.6) is 0 Å². The molecular formula is C13H18N2O4. The second-order valence-electron chi connectivity index (χ2n) is 4.97. The molecule has 1 aromatic rings. The lowest BCUT2D eigenvalue weighted by molar-refractivity contribution is -0.551. The molecule has 19 heavy (non-hydrogen) atoms. The molecular weight excluding hydrogens is 248 g/mol. The second-order valence-corrected chi connectivity index (χ2v) is 4.97. The molecule has 3 atom stereocenters. The van der Waals surface area contributed by atoms with Gasteiger partial charge in [0.2, 0.25) is 6.04 Å². The number of nitro groups is 1. The van der Waals surface area contributed by atoms with Gasteiger partial charge in [-0.1, -0.05) is 30.3 Å². The van der Waals surface area contributed by atoms with Crippen LogP contribution in [0.15, 0.2) is 30.3 Å². The third kappa shape index (κ3) is 2.60. The molecule has 1 saturated heterocycles. The van der Waals surface area contributed by atoms with Gasteiger partial charge in [-0.2, -0.15) is 0 Å². The minimum atomic E-state index is -1.21. The van der Waals surface area contributed by atoms with Crippen LogP contribution in [0.2, 0.25) is 0 Å². The monoisotopic (exact) mass is 266 g/mol. The molecule has 1 aliphatic rings. The lowest BCUT2D eigenvalue weighted by atomic mass is 9.87. The van der Waals surface area contributed by atoms with E-state index in [0.717, 1.165) is 5.56 Å². The molecule has 1 N–H and O–H groups in total. The Bertz CT molecular complexity index is 449. The normalized spacial score (nSPS) is 32.2. The van der Waals surface area contributed by atoms with Crippen molar-refractivity contribution in [1.29, 1.82) is 0 Å². The highest BCUT2D eigenvalue weighted by Crippen LogP contribution is 2.40. The van der Waals surface area contributed by atoms with Crippen molar-refractivity contribution in [1.82, 2.24) is 5.06 Å². The summed E-state index contributed by atoms with van der Waals surface area (Å²) in [6, 6.07) is 7.74. The number of rotatable bonds is 3. The average molecular weight is 266 g/mol. The highest BCUT2D eigenvalue weighted by molar-refractivity contribution is 5.21. The maximum atomic E-state index is 11.3. The van der Waals surface area contributed by atoms with Crippen molar-refractivity contribution >= 4 is 0 Å². The first-order chi connectivity index (χ1) is 8.97. The van der Waals surface area contributed by atoms with Crippen molar-refractivity contribution in [3.05, 3.63) is 46.0 Å². The van der Waals surface area contributed by atoms with Crippen LogP contribution >= 0.6 is 0 Å². The topological polar surface area (TPSA) is 75.8 Å². The molecule has 0 spiro atoms. The predicted molar refractivity (Wildman–Crippen MR) is 68.7 cm³/mol. The summed E-state index contributed by atoms with van der Waals surface area (Å²) in [5.41, 5.74) is -0.437. The summed E-state index contributed by atoms with van der Waals surface area (Å²) in [5, 5.41) is 22.9. The Morgan fingerprint density at radius 3 is 2.63 bits per heavy atom. The summed E-state index contributed by atoms with van der Waals surface area (Å²) in [7, 11) is 1.42. The Morgan fingerprint density at radius 2 is 2.11 bits per heavy atom. The van der Waals surface area contributed by atoms with Gasteiger partial charge in [0.25, 0.3) is 0 Å². The van der Waals surface area contributed by atoms with Crippen LogP contribution in [0.25, 0.3) is 0 Å². The van der Waals surface area contributed by atoms with Crippen molar-refractivity contribution in [3.63, 3.8) is 0 Å². The quantitative estimate of drug-likeness (QED) is 0.666. The molecule has 0 aromatic heterocycles. The van der Waals surface area contributed by atoms with Crippen LogP contribution < -0.4 is 0 Å². The Kier molecular flexibility index (Phi) is 3.84. The van der Waals surface area contributed by atoms with Gasteiger partial charge in [0.1, 0.15) is 11.8 Å². The van der Waals surface area contributed by atoms with Crippen molar-refractivity contribution in [2.75, 3.05) is 7.11 Å². The van der Waals surface area contributed by atoms with Gasteiger partial charge >= 0.3 is 0 Å². The van der Waals surface area contributed by atoms with Gasteiger partial charge < -0.3 is 5.11 Å². The number of hydrogen-bond donors (Lipinski definition) is 1. The number of aliphatic hydroxyl groups is 1. The summed E-state index contributed by atoms with van der Waals surface area (Å²) in [4.78, 5) is 16.2. The number of hydrogen-bond acceptors (Lipinski definition) is 5. The van der Waals surface area contributed by atoms with Crippen LogP contribution in [0.4, 0.5) is 0 Å². The van der Waals surface area contributed by atoms with Gasteiger partial charge in [-0.15, -0.1) is 5.06 Å². The molecule has 1 heterocycles. The Labute approximate surface area is 111 Å². The Hall–Kier alpha value is -1.50. The molecule has 0 saturated carbocycles. The van der Waals surface area contributed by atoms with Gasteiger partial charge in [0.05, 0.1) is 7.11 Å². The van der Waals surface area contributed by atoms with Gasteiger partial charge in [0, 0.05) is 11.3 Å². The Balaban J connectivity index is 2.43. The molecule has 1 aromatic carbocycles. The molecule has 2 rings (SSSR count). The number of nitrogens with zero attached hydrogens (tertiary/aromatic N) is 2. The number of piperidine rings is 1. The van der Waals surface area contributed by atoms with E-state index in [1.165, 1.54) is 12.2 Å². The highest BCUT2D eigenvalue weighted by Gasteiger charge is 2.50. The van der Waals surface area contributed by atoms with Crippen LogP contribution in [-0.4, -0.2) is 34.0 Å². The van der Waals surface area contributed by atoms with Crippen LogP contribution in [0, 0.1) is 10.1 Å². The summed E-state index contributed by atoms with van der Waals surface area (Å²) in [6.45, 7) is 1.61. The zero-order valence-corrected chi connectivity index (χ0v) is 11.0. The van der Waals surface area contributed by atoms with E-state index in [1.807, 2.05) is 30.3 Å². The van der Waals surface area contributed by atoms with E-state index in [9.17, 15) is 15.2 Å². The van der Waals surface area contributed by atoms with Gasteiger partial charge in [0.15, 0.2) is 0 Å². The van der Waals surface area contributed by atoms with Crippen molar-refractivity contribution in [3.8, 4) is 0 Å². The lowest BCUT2D eigenvalue weighted by Crippen LogP contribution is -2.56. The van der Waals surface area contributed by atoms with E-state index in [2.05, 4.69) is 0 Å². The van der Waals surface area contributed by atoms with E-state index in [0.29, 0.717) is 12.8 Å². The lowest BCUT2D eigenvalue weighted by Gasteiger charge is -2.44. The van der Waals surface area contributed by atoms with E-state index in [-0.39, 0.29) is 4.92 Å². The molecule has 0 radical (unpaired) electrons. The maximum absolute atomic E-state index is 11.3. The molecule has 0 aliphatic carbocycles. The minimum Gasteiger partial charge on any atom is -0.374 e. The first kappa shape index (κ1) is 13.9. The number of benzene rings is 1. The zero-order valence-electron chi connectivity index (χ0n) is 11.0. The summed E-state index contributed by atoms with van der Waals surface area (Å²) >= 11 is 0. The van der Waals surface area contributed by atoms with Crippen molar-refractivity contribution < 1.29 is 14.9 Å². The Morgan fingerprint density at radius 1 is 1.47 bits per heavy atom. The SMILES string of the molecule is CON1[C@H](c2ccccc2)[C@@H]([N+](=O)[O-])CC[C@@]1(C)O. The fourth-order valence-corrected chi connectivity index (χ4v) is 2.68. The molecule has 0 unspecified atom stereocenters. The minimum absolute atomic E-state index is 0.293. The smallest absolute Gasteiger partial charge is 0.235 e. The summed E-state index contributed by atoms with van der Waals surface area (Å²) < 4.78 is 0. The van der Waals surface area contributed by atoms with Gasteiger partial charge in [-0.25, -0.2) is 0 Å². The van der Waals surface area contributed by atoms with E-state index in [1.54, 1.807) is 6.92 Å². The van der Waals surface area contributed by atoms with Crippen LogP contribution in [-0.2, 0) is 4.84 Å². The first-order valence-electron chi connectivity index (χ1n) is 6.21. The van der Waals surface area contributed by atoms with Crippen LogP contribution in [0.1, 0.15) is 31.4 Å². The predicted octanol–water partition coefficient (Wildman–Crippen LogP) is 1.74. The fourth-order valence-electron chi connectivity index (χ4n) is 2.68. The van der Waals surface area contributed by atoms with Crippen molar-refractivity contribution in [2.24, 2.45) is 0 Å². The molecule has 104 valence electrons. The van der Waals surface area contributed by atoms with Crippen molar-refractivity contribution in [2.45, 2.75) is 37.6 Å². The second kappa shape index (κ2) is 5.24. The van der Waals surface area contributed by atoms with E-state index < -0.39 is 17.8 Å². The van der Waals surface area contributed by atoms with E-state index in [4.69, 9.17) is 4.84 Å². The number of hydroxylamine groups is 2. The third-order valence-electron chi connectivity index (χ3n) is 3.61. The molecule has 1 aliphatic heterocycles. The zero-order chi connectivity index (χ0) is 14.0. The average Bonchev–Trinajstić information content (AvgIpc) is 2.38. The molecule has 6 heteroatoms. The molecule has 0 bridgehead atoms. The van der Waals surface area contributed by atoms with Crippen LogP contribution in [0.3, 0.4) is 0 Å². The maximum Gasteiger partial charge on any atom is 0.235 e. The van der Waals surface area contributed by atoms with Gasteiger partial charge in [-0.05, 0) is 18.9 Å². The summed E-state index contributed by atoms with van der Waals surface area (Å²) in [5.74, 6) is 0. The largest absolute Gasteiger partial charge is 0.374 e. The van der Waals surface area contributed by atoms with E-state index >= 15 is 0 Å². The summed E-state index contributed by atoms with van der Waals surface area (Å²) in [6.07, 6.45) is 0.620. The third-order valence-corrected chi connectivity index (χ3v) is 3.61. The first-order valence-corrected chi connectivity index (χ1v) is 6.21. The molecule has 0 amide bonds. The molecule has 1 fully saturated rings. The standard InChI is InChI=1S/C13H18N2O4/c1-13(16)9-8-11(15(17)18)12(14(13)19-2)10-6-4-3-5-7-10/h3-7,11-12,16H,8-9H2,1-2H3/t11-,12+,13+/m0/s1. The fraction of sp³-hybridized carbons (Fsp3) is 0.538. The highest BCUT2D eigenvalue weighted by atomic mass is 16.7. The molecule has 6 nitrogen and oxygen atoms in total.